The van der Waals surface area contributed by atoms with Crippen molar-refractivity contribution in [1.82, 2.24) is 9.97 Å². The molecule has 0 fully saturated rings. The summed E-state index contributed by atoms with van der Waals surface area (Å²) < 4.78 is 43.2. The Morgan fingerprint density at radius 1 is 1.10 bits per heavy atom. The van der Waals surface area contributed by atoms with Gasteiger partial charge < -0.3 is 11.1 Å². The Labute approximate surface area is 173 Å². The normalized spacial score (nSPS) is 14.9. The van der Waals surface area contributed by atoms with Crippen LogP contribution in [0.15, 0.2) is 35.6 Å². The fourth-order valence-corrected chi connectivity index (χ4v) is 2.75. The molecule has 2 aromatic rings. The molecule has 0 radical (unpaired) electrons. The number of halogens is 3. The van der Waals surface area contributed by atoms with Crippen molar-refractivity contribution in [2.75, 3.05) is 5.32 Å². The number of carbonyl (C=O) groups excluding carboxylic acids is 1. The third-order valence-electron chi connectivity index (χ3n) is 4.66. The second-order valence-corrected chi connectivity index (χ2v) is 8.40. The van der Waals surface area contributed by atoms with Gasteiger partial charge in [-0.3, -0.25) is 14.8 Å². The molecule has 6 nitrogen and oxygen atoms in total. The highest BCUT2D eigenvalue weighted by Crippen LogP contribution is 2.42. The molecule has 3 N–H and O–H groups in total. The van der Waals surface area contributed by atoms with E-state index in [1.807, 2.05) is 20.8 Å². The molecule has 1 heterocycles. The zero-order valence-corrected chi connectivity index (χ0v) is 17.8. The number of nitrogens with one attached hydrogen (secondary N) is 1. The lowest BCUT2D eigenvalue weighted by molar-refractivity contribution is -0.0523. The van der Waals surface area contributed by atoms with Crippen LogP contribution in [-0.2, 0) is 11.0 Å². The highest BCUT2D eigenvalue weighted by atomic mass is 19.3. The summed E-state index contributed by atoms with van der Waals surface area (Å²) in [6.07, 6.45) is 2.82. The monoisotopic (exact) mass is 421 g/mol. The van der Waals surface area contributed by atoms with E-state index in [0.29, 0.717) is 12.6 Å². The number of carbonyl (C=O) groups is 1. The van der Waals surface area contributed by atoms with Crippen LogP contribution in [0.5, 0.6) is 0 Å². The maximum Gasteiger partial charge on any atom is 0.275 e. The summed E-state index contributed by atoms with van der Waals surface area (Å²) in [4.78, 5) is 24.6. The average Bonchev–Trinajstić information content (AvgIpc) is 2.61. The van der Waals surface area contributed by atoms with Gasteiger partial charge in [0.25, 0.3) is 11.8 Å². The minimum absolute atomic E-state index is 0.0354. The third kappa shape index (κ3) is 4.95. The largest absolute Gasteiger partial charge is 0.388 e. The Morgan fingerprint density at radius 2 is 1.73 bits per heavy atom. The number of hydrogen-bond acceptors (Lipinski definition) is 4. The number of anilines is 1. The molecule has 0 unspecified atom stereocenters. The fraction of sp³-hybridized carbons (Fsp3) is 0.429. The molecule has 162 valence electrons. The first-order chi connectivity index (χ1) is 13.6. The minimum atomic E-state index is -3.43. The number of benzene rings is 1. The highest BCUT2D eigenvalue weighted by molar-refractivity contribution is 6.02. The van der Waals surface area contributed by atoms with Crippen molar-refractivity contribution in [3.63, 3.8) is 0 Å². The van der Waals surface area contributed by atoms with E-state index in [2.05, 4.69) is 20.3 Å². The van der Waals surface area contributed by atoms with E-state index in [-0.39, 0.29) is 22.6 Å². The minimum Gasteiger partial charge on any atom is -0.388 e. The average molecular weight is 421 g/mol. The van der Waals surface area contributed by atoms with Crippen molar-refractivity contribution in [2.24, 2.45) is 10.7 Å². The zero-order chi connectivity index (χ0) is 22.9. The fourth-order valence-electron chi connectivity index (χ4n) is 2.75. The number of aliphatic imine (C=N–C) groups is 1. The molecule has 1 aromatic heterocycles. The summed E-state index contributed by atoms with van der Waals surface area (Å²) in [5, 5.41) is 2.53. The van der Waals surface area contributed by atoms with Crippen LogP contribution in [-0.4, -0.2) is 27.6 Å². The summed E-state index contributed by atoms with van der Waals surface area (Å²) in [6.45, 7) is 8.95. The number of amides is 1. The van der Waals surface area contributed by atoms with Crippen molar-refractivity contribution in [3.8, 4) is 0 Å². The number of rotatable bonds is 5. The van der Waals surface area contributed by atoms with Crippen molar-refractivity contribution < 1.29 is 18.0 Å². The number of hydrogen-bond donors (Lipinski definition) is 2. The molecule has 2 rings (SSSR count). The van der Waals surface area contributed by atoms with Crippen LogP contribution in [0.1, 0.15) is 63.3 Å². The first-order valence-corrected chi connectivity index (χ1v) is 9.29. The maximum atomic E-state index is 14.5. The van der Waals surface area contributed by atoms with Crippen molar-refractivity contribution >= 4 is 17.4 Å². The van der Waals surface area contributed by atoms with E-state index < -0.39 is 28.7 Å². The molecule has 0 spiro atoms. The molecule has 0 saturated carbocycles. The predicted octanol–water partition coefficient (Wildman–Crippen LogP) is 4.41. The standard InChI is InChI=1S/C21H26F3N5O/c1-12(25)29-20(5,21(6,23)24)14-9-13(7-8-15(14)22)28-18(30)16-10-27-17(11-26-16)19(2,3)4/h7-11H,1-6H3,(H2,25,29)(H,28,30)/t20-/m1/s1. The number of alkyl halides is 2. The predicted molar refractivity (Wildman–Crippen MR) is 110 cm³/mol. The molecular weight excluding hydrogens is 395 g/mol. The van der Waals surface area contributed by atoms with E-state index in [1.54, 1.807) is 0 Å². The van der Waals surface area contributed by atoms with Crippen LogP contribution < -0.4 is 11.1 Å². The first kappa shape index (κ1) is 23.3. The Hall–Kier alpha value is -2.97. The lowest BCUT2D eigenvalue weighted by Gasteiger charge is -2.32. The summed E-state index contributed by atoms with van der Waals surface area (Å²) in [5.74, 6) is -5.05. The second-order valence-electron chi connectivity index (χ2n) is 8.40. The number of amidine groups is 1. The van der Waals surface area contributed by atoms with E-state index in [0.717, 1.165) is 19.1 Å². The van der Waals surface area contributed by atoms with Crippen LogP contribution in [0, 0.1) is 5.82 Å². The summed E-state index contributed by atoms with van der Waals surface area (Å²) in [7, 11) is 0. The molecule has 9 heteroatoms. The SMILES string of the molecule is CC(N)=N[C@](C)(c1cc(NC(=O)c2cnc(C(C)(C)C)cn2)ccc1F)C(C)(F)F. The third-order valence-corrected chi connectivity index (χ3v) is 4.66. The molecule has 1 aromatic carbocycles. The van der Waals surface area contributed by atoms with E-state index in [4.69, 9.17) is 5.73 Å². The molecule has 30 heavy (non-hydrogen) atoms. The molecule has 1 atom stereocenters. The Bertz CT molecular complexity index is 958. The molecule has 0 aliphatic heterocycles. The number of nitrogens with two attached hydrogens (primary N) is 1. The van der Waals surface area contributed by atoms with E-state index in [9.17, 15) is 18.0 Å². The summed E-state index contributed by atoms with van der Waals surface area (Å²) in [5.41, 5.74) is 3.48. The molecule has 0 aliphatic carbocycles. The van der Waals surface area contributed by atoms with E-state index in [1.165, 1.54) is 25.4 Å². The van der Waals surface area contributed by atoms with Crippen LogP contribution in [0.25, 0.3) is 0 Å². The van der Waals surface area contributed by atoms with E-state index >= 15 is 0 Å². The van der Waals surface area contributed by atoms with Crippen molar-refractivity contribution in [1.29, 1.82) is 0 Å². The van der Waals surface area contributed by atoms with Gasteiger partial charge in [0.05, 0.1) is 17.7 Å². The Kier molecular flexibility index (Phi) is 6.25. The molecule has 1 amide bonds. The highest BCUT2D eigenvalue weighted by Gasteiger charge is 2.49. The smallest absolute Gasteiger partial charge is 0.275 e. The van der Waals surface area contributed by atoms with Gasteiger partial charge in [-0.15, -0.1) is 0 Å². The molecule has 0 aliphatic rings. The molecular formula is C21H26F3N5O. The molecule has 0 bridgehead atoms. The number of nitrogens with zero attached hydrogens (tertiary/aromatic N) is 3. The van der Waals surface area contributed by atoms with Crippen molar-refractivity contribution in [2.45, 2.75) is 58.4 Å². The van der Waals surface area contributed by atoms with Gasteiger partial charge in [-0.25, -0.2) is 18.2 Å². The van der Waals surface area contributed by atoms with Gasteiger partial charge in [0.15, 0.2) is 5.54 Å². The van der Waals surface area contributed by atoms with Gasteiger partial charge in [-0.2, -0.15) is 0 Å². The second kappa shape index (κ2) is 8.04. The van der Waals surface area contributed by atoms with Crippen LogP contribution >= 0.6 is 0 Å². The van der Waals surface area contributed by atoms with Crippen LogP contribution in [0.3, 0.4) is 0 Å². The lowest BCUT2D eigenvalue weighted by Crippen LogP contribution is -2.41. The lowest BCUT2D eigenvalue weighted by atomic mass is 9.86. The van der Waals surface area contributed by atoms with Gasteiger partial charge in [0, 0.05) is 29.8 Å². The quantitative estimate of drug-likeness (QED) is 0.552. The maximum absolute atomic E-state index is 14.5. The van der Waals surface area contributed by atoms with Gasteiger partial charge in [-0.1, -0.05) is 20.8 Å². The zero-order valence-electron chi connectivity index (χ0n) is 17.8. The first-order valence-electron chi connectivity index (χ1n) is 9.29. The van der Waals surface area contributed by atoms with Gasteiger partial charge >= 0.3 is 0 Å². The Balaban J connectivity index is 2.39. The summed E-state index contributed by atoms with van der Waals surface area (Å²) in [6, 6.07) is 3.37. The molecule has 0 saturated heterocycles. The van der Waals surface area contributed by atoms with Crippen molar-refractivity contribution in [3.05, 3.63) is 53.4 Å². The van der Waals surface area contributed by atoms with Gasteiger partial charge in [0.1, 0.15) is 11.5 Å². The number of aromatic nitrogens is 2. The topological polar surface area (TPSA) is 93.3 Å². The summed E-state index contributed by atoms with van der Waals surface area (Å²) >= 11 is 0. The van der Waals surface area contributed by atoms with Gasteiger partial charge in [0.2, 0.25) is 0 Å². The van der Waals surface area contributed by atoms with Gasteiger partial charge in [-0.05, 0) is 32.0 Å². The Morgan fingerprint density at radius 3 is 2.20 bits per heavy atom. The van der Waals surface area contributed by atoms with Crippen LogP contribution in [0.4, 0.5) is 18.9 Å². The van der Waals surface area contributed by atoms with Crippen LogP contribution in [0.2, 0.25) is 0 Å².